The van der Waals surface area contributed by atoms with Crippen molar-refractivity contribution in [2.24, 2.45) is 5.73 Å². The second-order valence-electron chi connectivity index (χ2n) is 4.40. The number of anilines is 1. The van der Waals surface area contributed by atoms with Crippen molar-refractivity contribution in [3.05, 3.63) is 5.82 Å². The topological polar surface area (TPSA) is 78.9 Å². The fourth-order valence-corrected chi connectivity index (χ4v) is 2.33. The Morgan fingerprint density at radius 1 is 1.69 bits per heavy atom. The number of hydrogen-bond donors (Lipinski definition) is 2. The van der Waals surface area contributed by atoms with E-state index < -0.39 is 0 Å². The van der Waals surface area contributed by atoms with Crippen LogP contribution >= 0.6 is 11.5 Å². The Bertz CT molecular complexity index is 384. The number of amidine groups is 1. The highest BCUT2D eigenvalue weighted by Crippen LogP contribution is 2.39. The van der Waals surface area contributed by atoms with E-state index in [1.54, 1.807) is 0 Å². The molecule has 88 valence electrons. The van der Waals surface area contributed by atoms with Crippen molar-refractivity contribution < 1.29 is 0 Å². The first-order valence-electron chi connectivity index (χ1n) is 5.47. The van der Waals surface area contributed by atoms with Gasteiger partial charge < -0.3 is 10.6 Å². The minimum Gasteiger partial charge on any atom is -0.388 e. The highest BCUT2D eigenvalue weighted by atomic mass is 32.1. The zero-order valence-corrected chi connectivity index (χ0v) is 10.4. The van der Waals surface area contributed by atoms with Crippen LogP contribution in [0, 0.1) is 5.41 Å². The van der Waals surface area contributed by atoms with Gasteiger partial charge >= 0.3 is 0 Å². The second-order valence-corrected chi connectivity index (χ2v) is 5.13. The van der Waals surface area contributed by atoms with E-state index in [2.05, 4.69) is 9.36 Å². The van der Waals surface area contributed by atoms with Gasteiger partial charge in [0.25, 0.3) is 0 Å². The lowest BCUT2D eigenvalue weighted by Gasteiger charge is -2.23. The number of nitrogens with two attached hydrogens (primary N) is 1. The van der Waals surface area contributed by atoms with Gasteiger partial charge in [-0.1, -0.05) is 0 Å². The highest BCUT2D eigenvalue weighted by Gasteiger charge is 2.28. The summed E-state index contributed by atoms with van der Waals surface area (Å²) >= 11 is 1.43. The Kier molecular flexibility index (Phi) is 3.09. The van der Waals surface area contributed by atoms with Crippen LogP contribution in [0.2, 0.25) is 0 Å². The zero-order valence-electron chi connectivity index (χ0n) is 9.60. The molecule has 1 aromatic heterocycles. The van der Waals surface area contributed by atoms with Crippen LogP contribution in [0.1, 0.15) is 37.9 Å². The molecule has 0 radical (unpaired) electrons. The highest BCUT2D eigenvalue weighted by molar-refractivity contribution is 7.09. The van der Waals surface area contributed by atoms with E-state index in [9.17, 15) is 0 Å². The Hall–Kier alpha value is -1.17. The van der Waals surface area contributed by atoms with Crippen LogP contribution in [0.5, 0.6) is 0 Å². The zero-order chi connectivity index (χ0) is 11.7. The van der Waals surface area contributed by atoms with Crippen molar-refractivity contribution in [2.75, 3.05) is 11.9 Å². The third-order valence-electron chi connectivity index (χ3n) is 2.85. The Balaban J connectivity index is 2.01. The lowest BCUT2D eigenvalue weighted by molar-refractivity contribution is 0.705. The molecule has 2 rings (SSSR count). The smallest absolute Gasteiger partial charge is 0.205 e. The van der Waals surface area contributed by atoms with Crippen LogP contribution in [-0.4, -0.2) is 28.3 Å². The maximum Gasteiger partial charge on any atom is 0.205 e. The molecule has 0 aliphatic heterocycles. The van der Waals surface area contributed by atoms with E-state index in [1.165, 1.54) is 24.4 Å². The fourth-order valence-electron chi connectivity index (χ4n) is 1.52. The number of nitrogens with one attached hydrogen (secondary N) is 1. The molecule has 16 heavy (non-hydrogen) atoms. The van der Waals surface area contributed by atoms with Gasteiger partial charge in [-0.15, -0.1) is 0 Å². The predicted octanol–water partition coefficient (Wildman–Crippen LogP) is 1.57. The molecule has 1 unspecified atom stereocenters. The van der Waals surface area contributed by atoms with Gasteiger partial charge in [-0.3, -0.25) is 5.41 Å². The molecule has 1 fully saturated rings. The average Bonchev–Trinajstić information content (AvgIpc) is 2.95. The number of aromatic nitrogens is 2. The molecule has 0 aromatic carbocycles. The first-order valence-corrected chi connectivity index (χ1v) is 6.24. The third kappa shape index (κ3) is 2.49. The van der Waals surface area contributed by atoms with Crippen LogP contribution in [0.25, 0.3) is 0 Å². The molecule has 1 heterocycles. The van der Waals surface area contributed by atoms with Crippen molar-refractivity contribution in [1.82, 2.24) is 9.36 Å². The molecule has 1 aliphatic rings. The van der Waals surface area contributed by atoms with Crippen molar-refractivity contribution in [2.45, 2.75) is 38.1 Å². The molecule has 0 bridgehead atoms. The predicted molar refractivity (Wildman–Crippen MR) is 66.3 cm³/mol. The molecule has 1 atom stereocenters. The molecular weight excluding hydrogens is 222 g/mol. The second kappa shape index (κ2) is 4.37. The lowest BCUT2D eigenvalue weighted by Crippen LogP contribution is -2.32. The number of hydrogen-bond acceptors (Lipinski definition) is 5. The number of rotatable bonds is 5. The minimum absolute atomic E-state index is 0.192. The average molecular weight is 239 g/mol. The summed E-state index contributed by atoms with van der Waals surface area (Å²) in [6.07, 6.45) is 3.01. The molecule has 3 N–H and O–H groups in total. The molecule has 0 amide bonds. The maximum absolute atomic E-state index is 7.28. The molecule has 5 nitrogen and oxygen atoms in total. The van der Waals surface area contributed by atoms with Gasteiger partial charge in [0.05, 0.1) is 5.84 Å². The first kappa shape index (κ1) is 11.3. The Morgan fingerprint density at radius 3 is 2.94 bits per heavy atom. The van der Waals surface area contributed by atoms with Crippen molar-refractivity contribution >= 4 is 22.5 Å². The molecule has 6 heteroatoms. The summed E-state index contributed by atoms with van der Waals surface area (Å²) in [5.74, 6) is 1.80. The summed E-state index contributed by atoms with van der Waals surface area (Å²) in [6, 6.07) is 0.192. The van der Waals surface area contributed by atoms with Crippen LogP contribution in [0.4, 0.5) is 5.13 Å². The van der Waals surface area contributed by atoms with E-state index in [4.69, 9.17) is 11.1 Å². The number of nitrogens with zero attached hydrogens (tertiary/aromatic N) is 3. The van der Waals surface area contributed by atoms with Crippen molar-refractivity contribution in [1.29, 1.82) is 5.41 Å². The van der Waals surface area contributed by atoms with E-state index in [0.717, 1.165) is 11.0 Å². The molecule has 0 spiro atoms. The van der Waals surface area contributed by atoms with Gasteiger partial charge in [-0.25, -0.2) is 4.98 Å². The maximum atomic E-state index is 7.28. The largest absolute Gasteiger partial charge is 0.388 e. The Morgan fingerprint density at radius 2 is 2.38 bits per heavy atom. The van der Waals surface area contributed by atoms with Gasteiger partial charge in [0.15, 0.2) is 0 Å². The molecule has 0 saturated heterocycles. The SMILES string of the molecule is CC(CC(=N)N)N(C)c1nc(C2CC2)ns1. The fraction of sp³-hybridized carbons (Fsp3) is 0.700. The summed E-state index contributed by atoms with van der Waals surface area (Å²) in [5.41, 5.74) is 5.40. The van der Waals surface area contributed by atoms with E-state index in [-0.39, 0.29) is 11.9 Å². The standard InChI is InChI=1S/C10H17N5S/c1-6(5-8(11)12)15(2)10-13-9(14-16-10)7-3-4-7/h6-7H,3-5H2,1-2H3,(H3,11,12). The summed E-state index contributed by atoms with van der Waals surface area (Å²) in [6.45, 7) is 2.04. The van der Waals surface area contributed by atoms with E-state index in [1.807, 2.05) is 18.9 Å². The molecular formula is C10H17N5S. The van der Waals surface area contributed by atoms with Gasteiger partial charge in [-0.05, 0) is 19.8 Å². The monoisotopic (exact) mass is 239 g/mol. The van der Waals surface area contributed by atoms with Gasteiger partial charge in [0.1, 0.15) is 5.82 Å². The minimum atomic E-state index is 0.192. The quantitative estimate of drug-likeness (QED) is 0.604. The van der Waals surface area contributed by atoms with Gasteiger partial charge in [-0.2, -0.15) is 4.37 Å². The lowest BCUT2D eigenvalue weighted by atomic mass is 10.2. The van der Waals surface area contributed by atoms with Crippen LogP contribution < -0.4 is 10.6 Å². The van der Waals surface area contributed by atoms with Crippen LogP contribution in [0.15, 0.2) is 0 Å². The van der Waals surface area contributed by atoms with Gasteiger partial charge in [0, 0.05) is 37.0 Å². The van der Waals surface area contributed by atoms with Crippen LogP contribution in [0.3, 0.4) is 0 Å². The summed E-state index contributed by atoms with van der Waals surface area (Å²) in [7, 11) is 1.98. The van der Waals surface area contributed by atoms with E-state index >= 15 is 0 Å². The first-order chi connectivity index (χ1) is 7.58. The molecule has 1 aliphatic carbocycles. The molecule has 1 saturated carbocycles. The summed E-state index contributed by atoms with van der Waals surface area (Å²) in [5, 5.41) is 8.21. The van der Waals surface area contributed by atoms with Gasteiger partial charge in [0.2, 0.25) is 5.13 Å². The third-order valence-corrected chi connectivity index (χ3v) is 3.67. The Labute approximate surface area is 99.4 Å². The summed E-state index contributed by atoms with van der Waals surface area (Å²) in [4.78, 5) is 6.57. The normalized spacial score (nSPS) is 17.1. The summed E-state index contributed by atoms with van der Waals surface area (Å²) < 4.78 is 4.36. The van der Waals surface area contributed by atoms with Crippen LogP contribution in [-0.2, 0) is 0 Å². The molecule has 1 aromatic rings. The van der Waals surface area contributed by atoms with E-state index in [0.29, 0.717) is 12.3 Å². The van der Waals surface area contributed by atoms with Crippen molar-refractivity contribution in [3.8, 4) is 0 Å². The van der Waals surface area contributed by atoms with Crippen molar-refractivity contribution in [3.63, 3.8) is 0 Å².